The van der Waals surface area contributed by atoms with Crippen molar-refractivity contribution in [1.29, 1.82) is 0 Å². The number of hydrogen-bond donors (Lipinski definition) is 2. The van der Waals surface area contributed by atoms with E-state index < -0.39 is 44.5 Å². The van der Waals surface area contributed by atoms with E-state index in [1.807, 2.05) is 0 Å². The number of sulfonamides is 1. The van der Waals surface area contributed by atoms with Crippen molar-refractivity contribution >= 4 is 27.6 Å². The number of nitrogens with zero attached hydrogens (tertiary/aromatic N) is 3. The molecule has 0 fully saturated rings. The molecule has 0 bridgehead atoms. The number of fused-ring (bicyclic) bond motifs is 1. The summed E-state index contributed by atoms with van der Waals surface area (Å²) in [7, 11) is -4.25. The Hall–Kier alpha value is -2.18. The second-order valence-corrected chi connectivity index (χ2v) is 7.96. The van der Waals surface area contributed by atoms with Crippen LogP contribution in [-0.2, 0) is 29.2 Å². The number of carboxylic acid groups (broad SMARTS) is 1. The number of halogens is 4. The maximum Gasteiger partial charge on any atom is 0.451 e. The first-order chi connectivity index (χ1) is 12.5. The van der Waals surface area contributed by atoms with Gasteiger partial charge in [0.1, 0.15) is 5.82 Å². The fourth-order valence-corrected chi connectivity index (χ4v) is 4.45. The van der Waals surface area contributed by atoms with Gasteiger partial charge in [0.05, 0.1) is 10.5 Å². The molecule has 3 rings (SSSR count). The third kappa shape index (κ3) is 3.92. The number of benzene rings is 1. The van der Waals surface area contributed by atoms with Gasteiger partial charge in [-0.3, -0.25) is 0 Å². The molecule has 0 saturated heterocycles. The van der Waals surface area contributed by atoms with Crippen LogP contribution in [0.1, 0.15) is 28.4 Å². The number of hydrogen-bond acceptors (Lipinski definition) is 5. The first-order valence-corrected chi connectivity index (χ1v) is 9.39. The average molecular weight is 425 g/mol. The lowest BCUT2D eigenvalue weighted by Gasteiger charge is -2.25. The lowest BCUT2D eigenvalue weighted by Crippen LogP contribution is -2.41. The van der Waals surface area contributed by atoms with E-state index >= 15 is 0 Å². The van der Waals surface area contributed by atoms with E-state index in [0.717, 1.165) is 16.7 Å². The predicted molar refractivity (Wildman–Crippen MR) is 85.9 cm³/mol. The van der Waals surface area contributed by atoms with Crippen molar-refractivity contribution in [1.82, 2.24) is 19.5 Å². The van der Waals surface area contributed by atoms with Crippen LogP contribution in [0.25, 0.3) is 0 Å². The van der Waals surface area contributed by atoms with Crippen molar-refractivity contribution < 1.29 is 31.5 Å². The van der Waals surface area contributed by atoms with Crippen LogP contribution in [0.15, 0.2) is 23.1 Å². The Balaban J connectivity index is 1.85. The minimum absolute atomic E-state index is 0.00385. The van der Waals surface area contributed by atoms with Crippen molar-refractivity contribution in [2.24, 2.45) is 0 Å². The van der Waals surface area contributed by atoms with Crippen LogP contribution in [0.2, 0.25) is 5.02 Å². The Morgan fingerprint density at radius 3 is 2.67 bits per heavy atom. The molecule has 13 heteroatoms. The van der Waals surface area contributed by atoms with Gasteiger partial charge in [-0.1, -0.05) is 11.6 Å². The Bertz CT molecular complexity index is 1010. The van der Waals surface area contributed by atoms with Crippen molar-refractivity contribution in [2.75, 3.05) is 0 Å². The van der Waals surface area contributed by atoms with Gasteiger partial charge in [0.15, 0.2) is 0 Å². The fourth-order valence-electron chi connectivity index (χ4n) is 2.83. The molecule has 0 unspecified atom stereocenters. The lowest BCUT2D eigenvalue weighted by atomic mass is 10.1. The third-order valence-electron chi connectivity index (χ3n) is 3.99. The van der Waals surface area contributed by atoms with Gasteiger partial charge in [-0.25, -0.2) is 17.9 Å². The number of carbonyl (C=O) groups is 1. The topological polar surface area (TPSA) is 114 Å². The zero-order valence-electron chi connectivity index (χ0n) is 13.4. The summed E-state index contributed by atoms with van der Waals surface area (Å²) in [5, 5.41) is 15.8. The summed E-state index contributed by atoms with van der Waals surface area (Å²) in [5.74, 6) is -2.61. The number of alkyl halides is 3. The van der Waals surface area contributed by atoms with Gasteiger partial charge in [-0.15, -0.1) is 10.2 Å². The summed E-state index contributed by atoms with van der Waals surface area (Å²) < 4.78 is 66.9. The molecule has 1 aliphatic heterocycles. The first-order valence-electron chi connectivity index (χ1n) is 7.53. The molecule has 8 nitrogen and oxygen atoms in total. The molecule has 2 N–H and O–H groups in total. The monoisotopic (exact) mass is 424 g/mol. The number of carboxylic acids is 1. The van der Waals surface area contributed by atoms with Gasteiger partial charge in [0.25, 0.3) is 0 Å². The highest BCUT2D eigenvalue weighted by Crippen LogP contribution is 2.30. The second-order valence-electron chi connectivity index (χ2n) is 5.85. The Kier molecular flexibility index (Phi) is 4.91. The standard InChI is InChI=1S/C14H12ClF3N4O4S/c15-7-1-2-10(9(5-7)12(23)24)27(25,26)21-8-3-4-22-11(6-8)19-20-13(22)14(16,17)18/h1-2,5,8,21H,3-4,6H2,(H,23,24)/t8-/m0/s1. The molecule has 0 saturated carbocycles. The molecule has 1 atom stereocenters. The third-order valence-corrected chi connectivity index (χ3v) is 5.81. The fraction of sp³-hybridized carbons (Fsp3) is 0.357. The Morgan fingerprint density at radius 2 is 2.04 bits per heavy atom. The quantitative estimate of drug-likeness (QED) is 0.775. The van der Waals surface area contributed by atoms with Gasteiger partial charge in [0, 0.05) is 24.0 Å². The van der Waals surface area contributed by atoms with E-state index in [1.54, 1.807) is 0 Å². The van der Waals surface area contributed by atoms with Crippen LogP contribution < -0.4 is 4.72 Å². The summed E-state index contributed by atoms with van der Waals surface area (Å²) in [5.41, 5.74) is -0.506. The van der Waals surface area contributed by atoms with Gasteiger partial charge in [-0.2, -0.15) is 13.2 Å². The van der Waals surface area contributed by atoms with E-state index in [4.69, 9.17) is 11.6 Å². The van der Waals surface area contributed by atoms with Crippen LogP contribution in [-0.4, -0.2) is 40.3 Å². The molecule has 2 aromatic rings. The molecular weight excluding hydrogens is 413 g/mol. The Morgan fingerprint density at radius 1 is 1.33 bits per heavy atom. The van der Waals surface area contributed by atoms with E-state index in [9.17, 15) is 31.5 Å². The summed E-state index contributed by atoms with van der Waals surface area (Å²) in [6.45, 7) is -0.128. The highest BCUT2D eigenvalue weighted by Gasteiger charge is 2.40. The van der Waals surface area contributed by atoms with Crippen LogP contribution in [0, 0.1) is 0 Å². The van der Waals surface area contributed by atoms with Crippen molar-refractivity contribution in [2.45, 2.75) is 36.5 Å². The van der Waals surface area contributed by atoms with Crippen LogP contribution >= 0.6 is 11.6 Å². The number of aromatic carboxylic acids is 1. The molecule has 1 aromatic heterocycles. The van der Waals surface area contributed by atoms with Gasteiger partial charge < -0.3 is 9.67 Å². The van der Waals surface area contributed by atoms with Gasteiger partial charge >= 0.3 is 12.1 Å². The van der Waals surface area contributed by atoms with E-state index in [0.29, 0.717) is 0 Å². The average Bonchev–Trinajstić information content (AvgIpc) is 2.97. The molecule has 27 heavy (non-hydrogen) atoms. The number of rotatable bonds is 4. The highest BCUT2D eigenvalue weighted by molar-refractivity contribution is 7.89. The maximum atomic E-state index is 12.9. The Labute approximate surface area is 156 Å². The summed E-state index contributed by atoms with van der Waals surface area (Å²) in [4.78, 5) is 10.8. The summed E-state index contributed by atoms with van der Waals surface area (Å²) in [6, 6.07) is 2.53. The summed E-state index contributed by atoms with van der Waals surface area (Å²) in [6.07, 6.45) is -4.71. The zero-order chi connectivity index (χ0) is 20.0. The molecule has 0 amide bonds. The zero-order valence-corrected chi connectivity index (χ0v) is 14.9. The van der Waals surface area contributed by atoms with Crippen molar-refractivity contribution in [3.63, 3.8) is 0 Å². The van der Waals surface area contributed by atoms with E-state index in [-0.39, 0.29) is 30.2 Å². The SMILES string of the molecule is O=C(O)c1cc(Cl)ccc1S(=O)(=O)N[C@H]1CCn2c(nnc2C(F)(F)F)C1. The molecule has 0 radical (unpaired) electrons. The van der Waals surface area contributed by atoms with Crippen LogP contribution in [0.4, 0.5) is 13.2 Å². The molecule has 2 heterocycles. The lowest BCUT2D eigenvalue weighted by molar-refractivity contribution is -0.147. The molecule has 146 valence electrons. The number of nitrogens with one attached hydrogen (secondary N) is 1. The molecule has 0 aliphatic carbocycles. The molecule has 0 spiro atoms. The van der Waals surface area contributed by atoms with Gasteiger partial charge in [-0.05, 0) is 24.6 Å². The summed E-state index contributed by atoms with van der Waals surface area (Å²) >= 11 is 5.71. The molecule has 1 aromatic carbocycles. The first kappa shape index (κ1) is 19.6. The smallest absolute Gasteiger partial charge is 0.451 e. The second kappa shape index (κ2) is 6.77. The van der Waals surface area contributed by atoms with E-state index in [1.165, 1.54) is 6.07 Å². The van der Waals surface area contributed by atoms with Crippen molar-refractivity contribution in [3.8, 4) is 0 Å². The van der Waals surface area contributed by atoms with Crippen molar-refractivity contribution in [3.05, 3.63) is 40.4 Å². The van der Waals surface area contributed by atoms with Crippen LogP contribution in [0.5, 0.6) is 0 Å². The highest BCUT2D eigenvalue weighted by atomic mass is 35.5. The predicted octanol–water partition coefficient (Wildman–Crippen LogP) is 1.94. The maximum absolute atomic E-state index is 12.9. The number of aromatic nitrogens is 3. The largest absolute Gasteiger partial charge is 0.478 e. The van der Waals surface area contributed by atoms with E-state index in [2.05, 4.69) is 14.9 Å². The minimum Gasteiger partial charge on any atom is -0.478 e. The molecule has 1 aliphatic rings. The molecular formula is C14H12ClF3N4O4S. The normalized spacial score (nSPS) is 17.6. The van der Waals surface area contributed by atoms with Crippen LogP contribution in [0.3, 0.4) is 0 Å². The van der Waals surface area contributed by atoms with Gasteiger partial charge in [0.2, 0.25) is 15.8 Å². The minimum atomic E-state index is -4.66.